The lowest BCUT2D eigenvalue weighted by molar-refractivity contribution is -0.138. The number of rotatable bonds is 4. The molecule has 22 heavy (non-hydrogen) atoms. The molecule has 4 nitrogen and oxygen atoms in total. The Labute approximate surface area is 132 Å². The van der Waals surface area contributed by atoms with Gasteiger partial charge in [-0.15, -0.1) is 0 Å². The third-order valence-corrected chi connectivity index (χ3v) is 4.33. The van der Waals surface area contributed by atoms with E-state index in [2.05, 4.69) is 28.4 Å². The first-order valence-electron chi connectivity index (χ1n) is 8.16. The average Bonchev–Trinajstić information content (AvgIpc) is 2.55. The van der Waals surface area contributed by atoms with E-state index in [0.717, 1.165) is 44.6 Å². The highest BCUT2D eigenvalue weighted by Crippen LogP contribution is 2.19. The summed E-state index contributed by atoms with van der Waals surface area (Å²) in [6, 6.07) is 6.80. The normalized spacial score (nSPS) is 18.5. The number of nitrogens with zero attached hydrogens (tertiary/aromatic N) is 1. The molecule has 2 aliphatic rings. The molecule has 1 aromatic rings. The first kappa shape index (κ1) is 15.3. The lowest BCUT2D eigenvalue weighted by Gasteiger charge is -2.27. The number of fused-ring (bicyclic) bond motifs is 1. The molecule has 0 aliphatic carbocycles. The SMILES string of the molecule is CCOC(=O)C1=CCCN(Cc2ccc3c(c2)CNCC3)C1. The van der Waals surface area contributed by atoms with Crippen molar-refractivity contribution < 1.29 is 9.53 Å². The molecule has 0 bridgehead atoms. The number of nitrogens with one attached hydrogen (secondary N) is 1. The number of hydrogen-bond acceptors (Lipinski definition) is 4. The Morgan fingerprint density at radius 2 is 2.27 bits per heavy atom. The molecular formula is C18H24N2O2. The van der Waals surface area contributed by atoms with Gasteiger partial charge in [0, 0.05) is 31.8 Å². The molecule has 1 N–H and O–H groups in total. The predicted molar refractivity (Wildman–Crippen MR) is 86.5 cm³/mol. The summed E-state index contributed by atoms with van der Waals surface area (Å²) in [5, 5.41) is 3.42. The molecular weight excluding hydrogens is 276 g/mol. The van der Waals surface area contributed by atoms with E-state index in [1.807, 2.05) is 13.0 Å². The highest BCUT2D eigenvalue weighted by atomic mass is 16.5. The van der Waals surface area contributed by atoms with Crippen molar-refractivity contribution in [1.29, 1.82) is 0 Å². The second kappa shape index (κ2) is 7.07. The second-order valence-electron chi connectivity index (χ2n) is 5.98. The number of benzene rings is 1. The van der Waals surface area contributed by atoms with Crippen LogP contribution in [0.25, 0.3) is 0 Å². The zero-order valence-electron chi connectivity index (χ0n) is 13.2. The molecule has 1 aromatic carbocycles. The summed E-state index contributed by atoms with van der Waals surface area (Å²) in [4.78, 5) is 14.2. The lowest BCUT2D eigenvalue weighted by Crippen LogP contribution is -2.32. The summed E-state index contributed by atoms with van der Waals surface area (Å²) < 4.78 is 5.11. The maximum absolute atomic E-state index is 11.9. The van der Waals surface area contributed by atoms with Crippen LogP contribution in [0.2, 0.25) is 0 Å². The minimum Gasteiger partial charge on any atom is -0.463 e. The maximum atomic E-state index is 11.9. The van der Waals surface area contributed by atoms with Gasteiger partial charge in [-0.1, -0.05) is 24.3 Å². The molecule has 0 saturated heterocycles. The van der Waals surface area contributed by atoms with Crippen molar-refractivity contribution in [1.82, 2.24) is 10.2 Å². The monoisotopic (exact) mass is 300 g/mol. The molecule has 2 aliphatic heterocycles. The molecule has 0 radical (unpaired) electrons. The fourth-order valence-electron chi connectivity index (χ4n) is 3.20. The fraction of sp³-hybridized carbons (Fsp3) is 0.500. The van der Waals surface area contributed by atoms with Gasteiger partial charge in [-0.05, 0) is 43.0 Å². The topological polar surface area (TPSA) is 41.6 Å². The first-order valence-corrected chi connectivity index (χ1v) is 8.16. The average molecular weight is 300 g/mol. The van der Waals surface area contributed by atoms with Gasteiger partial charge in [0.05, 0.1) is 6.61 Å². The van der Waals surface area contributed by atoms with E-state index >= 15 is 0 Å². The largest absolute Gasteiger partial charge is 0.463 e. The quantitative estimate of drug-likeness (QED) is 0.864. The van der Waals surface area contributed by atoms with Crippen LogP contribution in [-0.4, -0.2) is 37.1 Å². The highest BCUT2D eigenvalue weighted by Gasteiger charge is 2.19. The number of esters is 1. The molecule has 0 unspecified atom stereocenters. The van der Waals surface area contributed by atoms with Crippen molar-refractivity contribution in [2.45, 2.75) is 32.9 Å². The molecule has 0 fully saturated rings. The fourth-order valence-corrected chi connectivity index (χ4v) is 3.20. The van der Waals surface area contributed by atoms with Gasteiger partial charge in [-0.3, -0.25) is 4.90 Å². The van der Waals surface area contributed by atoms with Gasteiger partial charge < -0.3 is 10.1 Å². The van der Waals surface area contributed by atoms with Crippen LogP contribution in [0.1, 0.15) is 30.0 Å². The standard InChI is InChI=1S/C18H24N2O2/c1-2-22-18(21)16-4-3-9-20(13-16)12-14-5-6-15-7-8-19-11-17(15)10-14/h4-6,10,19H,2-3,7-9,11-13H2,1H3. The van der Waals surface area contributed by atoms with E-state index in [4.69, 9.17) is 4.74 Å². The summed E-state index contributed by atoms with van der Waals surface area (Å²) >= 11 is 0. The van der Waals surface area contributed by atoms with Crippen molar-refractivity contribution in [2.24, 2.45) is 0 Å². The highest BCUT2D eigenvalue weighted by molar-refractivity contribution is 5.89. The maximum Gasteiger partial charge on any atom is 0.334 e. The first-order chi connectivity index (χ1) is 10.8. The van der Waals surface area contributed by atoms with E-state index in [9.17, 15) is 4.79 Å². The number of carbonyl (C=O) groups excluding carboxylic acids is 1. The van der Waals surface area contributed by atoms with Crippen LogP contribution >= 0.6 is 0 Å². The van der Waals surface area contributed by atoms with Crippen LogP contribution in [0.4, 0.5) is 0 Å². The molecule has 0 atom stereocenters. The van der Waals surface area contributed by atoms with Crippen LogP contribution in [-0.2, 0) is 29.0 Å². The van der Waals surface area contributed by atoms with Gasteiger partial charge in [0.2, 0.25) is 0 Å². The zero-order valence-corrected chi connectivity index (χ0v) is 13.2. The Kier molecular flexibility index (Phi) is 4.90. The molecule has 2 heterocycles. The molecule has 0 saturated carbocycles. The lowest BCUT2D eigenvalue weighted by atomic mass is 9.98. The minimum absolute atomic E-state index is 0.165. The Morgan fingerprint density at radius 3 is 3.14 bits per heavy atom. The Bertz CT molecular complexity index is 580. The van der Waals surface area contributed by atoms with Crippen molar-refractivity contribution in [3.63, 3.8) is 0 Å². The van der Waals surface area contributed by atoms with E-state index in [0.29, 0.717) is 13.2 Å². The third kappa shape index (κ3) is 3.57. The van der Waals surface area contributed by atoms with Gasteiger partial charge in [-0.25, -0.2) is 4.79 Å². The van der Waals surface area contributed by atoms with Crippen molar-refractivity contribution in [2.75, 3.05) is 26.2 Å². The Hall–Kier alpha value is -1.65. The van der Waals surface area contributed by atoms with Gasteiger partial charge in [0.1, 0.15) is 0 Å². The third-order valence-electron chi connectivity index (χ3n) is 4.33. The summed E-state index contributed by atoms with van der Waals surface area (Å²) in [6.07, 6.45) is 4.06. The summed E-state index contributed by atoms with van der Waals surface area (Å²) in [6.45, 7) is 6.91. The van der Waals surface area contributed by atoms with E-state index in [1.54, 1.807) is 0 Å². The molecule has 0 spiro atoms. The van der Waals surface area contributed by atoms with E-state index < -0.39 is 0 Å². The van der Waals surface area contributed by atoms with Crippen molar-refractivity contribution in [3.05, 3.63) is 46.5 Å². The summed E-state index contributed by atoms with van der Waals surface area (Å²) in [5.74, 6) is -0.165. The smallest absolute Gasteiger partial charge is 0.334 e. The molecule has 0 aromatic heterocycles. The van der Waals surface area contributed by atoms with Crippen LogP contribution in [0.5, 0.6) is 0 Å². The number of carbonyl (C=O) groups is 1. The Balaban J connectivity index is 1.64. The van der Waals surface area contributed by atoms with E-state index in [1.165, 1.54) is 16.7 Å². The van der Waals surface area contributed by atoms with Gasteiger partial charge in [0.15, 0.2) is 0 Å². The van der Waals surface area contributed by atoms with Crippen LogP contribution in [0.15, 0.2) is 29.8 Å². The van der Waals surface area contributed by atoms with Crippen LogP contribution in [0, 0.1) is 0 Å². The molecule has 3 rings (SSSR count). The summed E-state index contributed by atoms with van der Waals surface area (Å²) in [5.41, 5.74) is 5.01. The van der Waals surface area contributed by atoms with E-state index in [-0.39, 0.29) is 5.97 Å². The van der Waals surface area contributed by atoms with Crippen LogP contribution < -0.4 is 5.32 Å². The van der Waals surface area contributed by atoms with Crippen molar-refractivity contribution >= 4 is 5.97 Å². The predicted octanol–water partition coefficient (Wildman–Crippen LogP) is 2.03. The number of ether oxygens (including phenoxy) is 1. The van der Waals surface area contributed by atoms with Gasteiger partial charge in [0.25, 0.3) is 0 Å². The van der Waals surface area contributed by atoms with Gasteiger partial charge in [-0.2, -0.15) is 0 Å². The van der Waals surface area contributed by atoms with Crippen LogP contribution in [0.3, 0.4) is 0 Å². The molecule has 4 heteroatoms. The second-order valence-corrected chi connectivity index (χ2v) is 5.98. The van der Waals surface area contributed by atoms with Crippen molar-refractivity contribution in [3.8, 4) is 0 Å². The molecule has 0 amide bonds. The van der Waals surface area contributed by atoms with Gasteiger partial charge >= 0.3 is 5.97 Å². The Morgan fingerprint density at radius 1 is 1.36 bits per heavy atom. The number of hydrogen-bond donors (Lipinski definition) is 1. The molecule has 118 valence electrons. The zero-order chi connectivity index (χ0) is 15.4. The minimum atomic E-state index is -0.165. The summed E-state index contributed by atoms with van der Waals surface area (Å²) in [7, 11) is 0.